The van der Waals surface area contributed by atoms with E-state index in [-0.39, 0.29) is 52.4 Å². The smallest absolute Gasteiger partial charge is 0.405 e. The van der Waals surface area contributed by atoms with Gasteiger partial charge in [0, 0.05) is 42.9 Å². The first-order valence-electron chi connectivity index (χ1n) is 15.4. The number of hydrogen-bond donors (Lipinski definition) is 5. The van der Waals surface area contributed by atoms with Crippen LogP contribution in [0.4, 0.5) is 4.79 Å². The van der Waals surface area contributed by atoms with Gasteiger partial charge in [-0.3, -0.25) is 19.2 Å². The fourth-order valence-corrected chi connectivity index (χ4v) is 5.50. The molecule has 2 bridgehead atoms. The first kappa shape index (κ1) is 37.8. The zero-order chi connectivity index (χ0) is 35.5. The first-order valence-corrected chi connectivity index (χ1v) is 15.4. The number of rotatable bonds is 6. The zero-order valence-electron chi connectivity index (χ0n) is 27.6. The number of aliphatic hydroxyl groups excluding tert-OH is 2. The summed E-state index contributed by atoms with van der Waals surface area (Å²) < 4.78 is 16.4. The number of nitrogens with one attached hydrogen (secondary N) is 2. The van der Waals surface area contributed by atoms with Crippen molar-refractivity contribution in [2.75, 3.05) is 20.8 Å². The SMILES string of the molecule is CO[C@H]1/C=C\C=C(/C)C(=O)NC2=CC(=O)C(NC(=O)c3ccccc3)=C(C[C@@H](C)C[C@H](OC)[C@H](O)[C@@H](C)/C=C(\CO)[C@H]1OC(N)=O)C2=O. The van der Waals surface area contributed by atoms with E-state index < -0.39 is 66.4 Å². The Kier molecular flexibility index (Phi) is 13.7. The molecule has 13 nitrogen and oxygen atoms in total. The highest BCUT2D eigenvalue weighted by Crippen LogP contribution is 2.29. The highest BCUT2D eigenvalue weighted by Gasteiger charge is 2.34. The van der Waals surface area contributed by atoms with Crippen molar-refractivity contribution in [2.24, 2.45) is 17.6 Å². The maximum Gasteiger partial charge on any atom is 0.405 e. The van der Waals surface area contributed by atoms with Crippen molar-refractivity contribution in [3.05, 3.63) is 94.4 Å². The predicted molar refractivity (Wildman–Crippen MR) is 175 cm³/mol. The molecule has 0 unspecified atom stereocenters. The number of ether oxygens (including phenoxy) is 3. The van der Waals surface area contributed by atoms with Gasteiger partial charge in [0.05, 0.1) is 30.2 Å². The molecule has 258 valence electrons. The second-order valence-corrected chi connectivity index (χ2v) is 11.7. The van der Waals surface area contributed by atoms with Crippen LogP contribution in [0, 0.1) is 11.8 Å². The van der Waals surface area contributed by atoms with Crippen molar-refractivity contribution >= 4 is 29.5 Å². The number of fused-ring (bicyclic) bond motifs is 2. The van der Waals surface area contributed by atoms with Crippen LogP contribution in [0.1, 0.15) is 44.0 Å². The van der Waals surface area contributed by atoms with Crippen LogP contribution in [0.5, 0.6) is 0 Å². The number of nitrogens with two attached hydrogens (primary N) is 1. The summed E-state index contributed by atoms with van der Waals surface area (Å²) in [5, 5.41) is 26.7. The maximum absolute atomic E-state index is 13.8. The van der Waals surface area contributed by atoms with E-state index in [1.54, 1.807) is 44.2 Å². The summed E-state index contributed by atoms with van der Waals surface area (Å²) in [7, 11) is 2.76. The molecule has 0 saturated heterocycles. The Morgan fingerprint density at radius 2 is 1.77 bits per heavy atom. The maximum atomic E-state index is 13.8. The van der Waals surface area contributed by atoms with Gasteiger partial charge in [0.25, 0.3) is 11.8 Å². The summed E-state index contributed by atoms with van der Waals surface area (Å²) in [6.07, 6.45) is 1.84. The molecule has 1 aliphatic heterocycles. The van der Waals surface area contributed by atoms with Crippen LogP contribution in [0.25, 0.3) is 0 Å². The van der Waals surface area contributed by atoms with E-state index in [0.717, 1.165) is 6.08 Å². The molecular weight excluding hydrogens is 622 g/mol. The van der Waals surface area contributed by atoms with Gasteiger partial charge in [-0.25, -0.2) is 4.79 Å². The van der Waals surface area contributed by atoms with E-state index in [4.69, 9.17) is 19.9 Å². The molecule has 1 heterocycles. The molecule has 1 aromatic rings. The quantitative estimate of drug-likeness (QED) is 0.221. The van der Waals surface area contributed by atoms with Crippen molar-refractivity contribution in [1.82, 2.24) is 10.6 Å². The van der Waals surface area contributed by atoms with E-state index in [0.29, 0.717) is 0 Å². The van der Waals surface area contributed by atoms with Crippen LogP contribution in [0.3, 0.4) is 0 Å². The number of amides is 3. The number of carbonyl (C=O) groups excluding carboxylic acids is 5. The van der Waals surface area contributed by atoms with Gasteiger partial charge in [-0.15, -0.1) is 0 Å². The Morgan fingerprint density at radius 1 is 1.08 bits per heavy atom. The molecule has 3 rings (SSSR count). The standard InChI is InChI=1S/C35H43N3O10/c1-19-14-24-29(38-34(44)22-11-7-6-8-12-22)26(40)17-25(31(24)42)37-33(43)20(2)10-9-13-27(46-4)32(48-35(36)45)23(18-39)16-21(3)30(41)28(15-19)47-5/h6-13,16-17,19,21,27-28,30,32,39,41H,14-15,18H2,1-5H3,(H2,36,45)(H,37,43)(H,38,44)/b13-9-,20-10+,23-16+/t19-,21+,27+,28+,30-,32-/m1/s1. The van der Waals surface area contributed by atoms with E-state index in [1.807, 2.05) is 0 Å². The summed E-state index contributed by atoms with van der Waals surface area (Å²) in [4.78, 5) is 65.2. The number of methoxy groups -OCH3 is 2. The monoisotopic (exact) mass is 665 g/mol. The Morgan fingerprint density at radius 3 is 2.38 bits per heavy atom. The van der Waals surface area contributed by atoms with E-state index in [9.17, 15) is 34.2 Å². The van der Waals surface area contributed by atoms with E-state index in [2.05, 4.69) is 10.6 Å². The van der Waals surface area contributed by atoms with Gasteiger partial charge in [-0.05, 0) is 43.4 Å². The van der Waals surface area contributed by atoms with Crippen LogP contribution >= 0.6 is 0 Å². The topological polar surface area (TPSA) is 204 Å². The number of carbonyl (C=O) groups is 5. The third-order valence-corrected chi connectivity index (χ3v) is 8.12. The van der Waals surface area contributed by atoms with E-state index >= 15 is 0 Å². The molecule has 0 spiro atoms. The highest BCUT2D eigenvalue weighted by atomic mass is 16.6. The number of hydrogen-bond acceptors (Lipinski definition) is 10. The van der Waals surface area contributed by atoms with Crippen LogP contribution in [0.15, 0.2) is 88.8 Å². The van der Waals surface area contributed by atoms with Crippen molar-refractivity contribution in [2.45, 2.75) is 58.0 Å². The number of ketones is 2. The van der Waals surface area contributed by atoms with Crippen molar-refractivity contribution in [3.63, 3.8) is 0 Å². The fraction of sp³-hybridized carbons (Fsp3) is 0.400. The summed E-state index contributed by atoms with van der Waals surface area (Å²) in [6.45, 7) is 4.39. The molecule has 1 aromatic carbocycles. The predicted octanol–water partition coefficient (Wildman–Crippen LogP) is 2.16. The number of benzene rings is 1. The minimum absolute atomic E-state index is 0.0109. The molecule has 6 N–H and O–H groups in total. The molecule has 0 radical (unpaired) electrons. The lowest BCUT2D eigenvalue weighted by Gasteiger charge is -2.30. The Hall–Kier alpha value is -4.69. The molecule has 13 heteroatoms. The third kappa shape index (κ3) is 9.67. The lowest BCUT2D eigenvalue weighted by Crippen LogP contribution is -2.39. The molecule has 6 atom stereocenters. The zero-order valence-corrected chi connectivity index (χ0v) is 27.6. The van der Waals surface area contributed by atoms with Crippen molar-refractivity contribution in [1.29, 1.82) is 0 Å². The second kappa shape index (κ2) is 17.5. The highest BCUT2D eigenvalue weighted by molar-refractivity contribution is 6.24. The van der Waals surface area contributed by atoms with Gasteiger partial charge < -0.3 is 40.8 Å². The van der Waals surface area contributed by atoms with Crippen LogP contribution in [0.2, 0.25) is 0 Å². The minimum Gasteiger partial charge on any atom is -0.439 e. The molecule has 48 heavy (non-hydrogen) atoms. The van der Waals surface area contributed by atoms with E-state index in [1.165, 1.54) is 45.4 Å². The lowest BCUT2D eigenvalue weighted by atomic mass is 9.85. The average Bonchev–Trinajstić information content (AvgIpc) is 3.06. The molecule has 3 amide bonds. The summed E-state index contributed by atoms with van der Waals surface area (Å²) in [5.74, 6) is -3.63. The minimum atomic E-state index is -1.18. The van der Waals surface area contributed by atoms with Gasteiger partial charge in [0.1, 0.15) is 6.10 Å². The second-order valence-electron chi connectivity index (χ2n) is 11.7. The average molecular weight is 666 g/mol. The van der Waals surface area contributed by atoms with Gasteiger partial charge in [-0.2, -0.15) is 0 Å². The summed E-state index contributed by atoms with van der Waals surface area (Å²) >= 11 is 0. The molecular formula is C35H43N3O10. The van der Waals surface area contributed by atoms with Gasteiger partial charge >= 0.3 is 6.09 Å². The lowest BCUT2D eigenvalue weighted by molar-refractivity contribution is -0.120. The van der Waals surface area contributed by atoms with Gasteiger partial charge in [-0.1, -0.05) is 56.4 Å². The summed E-state index contributed by atoms with van der Waals surface area (Å²) in [5.41, 5.74) is 5.47. The number of Topliss-reactive ketones (excluding diaryl/α,β-unsaturated/α-hetero) is 1. The van der Waals surface area contributed by atoms with Gasteiger partial charge in [0.15, 0.2) is 6.10 Å². The largest absolute Gasteiger partial charge is 0.439 e. The van der Waals surface area contributed by atoms with Gasteiger partial charge in [0.2, 0.25) is 11.6 Å². The van der Waals surface area contributed by atoms with Crippen LogP contribution in [-0.4, -0.2) is 84.9 Å². The number of allylic oxidation sites excluding steroid dienone is 4. The molecule has 2 aliphatic rings. The van der Waals surface area contributed by atoms with Crippen LogP contribution in [-0.2, 0) is 28.6 Å². The molecule has 0 saturated carbocycles. The summed E-state index contributed by atoms with van der Waals surface area (Å²) in [6, 6.07) is 8.19. The number of primary amides is 1. The molecule has 0 aromatic heterocycles. The Labute approximate surface area is 279 Å². The Bertz CT molecular complexity index is 1540. The van der Waals surface area contributed by atoms with Crippen LogP contribution < -0.4 is 16.4 Å². The first-order chi connectivity index (χ1) is 22.8. The third-order valence-electron chi connectivity index (χ3n) is 8.12. The van der Waals surface area contributed by atoms with Crippen molar-refractivity contribution in [3.8, 4) is 0 Å². The number of aliphatic hydroxyl groups is 2. The fourth-order valence-electron chi connectivity index (χ4n) is 5.50. The molecule has 0 fully saturated rings. The molecule has 1 aliphatic carbocycles. The normalized spacial score (nSPS) is 29.1. The van der Waals surface area contributed by atoms with Crippen molar-refractivity contribution < 1.29 is 48.4 Å². The Balaban J connectivity index is 2.11.